The lowest BCUT2D eigenvalue weighted by Crippen LogP contribution is -2.26. The molecule has 19 heavy (non-hydrogen) atoms. The monoisotopic (exact) mass is 265 g/mol. The minimum Gasteiger partial charge on any atom is -0.397 e. The number of unbranched alkanes of at least 4 members (excludes halogenated alkanes) is 5. The molecule has 0 aliphatic rings. The number of carbonyl (C=O) groups excluding carboxylic acids is 1. The Morgan fingerprint density at radius 3 is 2.58 bits per heavy atom. The van der Waals surface area contributed by atoms with Crippen LogP contribution < -0.4 is 11.1 Å². The molecule has 0 aliphatic heterocycles. The van der Waals surface area contributed by atoms with Crippen LogP contribution in [-0.4, -0.2) is 17.0 Å². The highest BCUT2D eigenvalue weighted by Crippen LogP contribution is 2.10. The van der Waals surface area contributed by atoms with Crippen LogP contribution in [0.15, 0.2) is 12.3 Å². The van der Waals surface area contributed by atoms with E-state index in [4.69, 9.17) is 5.73 Å². The highest BCUT2D eigenvalue weighted by molar-refractivity contribution is 5.93. The van der Waals surface area contributed by atoms with Gasteiger partial charge in [-0.05, 0) is 19.4 Å². The van der Waals surface area contributed by atoms with Crippen LogP contribution in [0.3, 0.4) is 0 Å². The predicted octanol–water partition coefficient (Wildman–Crippen LogP) is 3.18. The zero-order chi connectivity index (χ0) is 14.1. The Balaban J connectivity index is 2.24. The molecule has 0 unspecified atom stereocenters. The quantitative estimate of drug-likeness (QED) is 0.674. The van der Waals surface area contributed by atoms with E-state index in [9.17, 15) is 4.79 Å². The van der Waals surface area contributed by atoms with Crippen LogP contribution in [0.4, 0.5) is 5.69 Å². The van der Waals surface area contributed by atoms with Gasteiger partial charge in [0.1, 0.15) is 5.69 Å². The zero-order valence-corrected chi connectivity index (χ0v) is 12.2. The number of rotatable bonds is 9. The first kappa shape index (κ1) is 15.6. The first-order valence-electron chi connectivity index (χ1n) is 7.42. The molecule has 4 nitrogen and oxygen atoms in total. The first-order chi connectivity index (χ1) is 9.19. The summed E-state index contributed by atoms with van der Waals surface area (Å²) in [6, 6.07) is 1.74. The van der Waals surface area contributed by atoms with Crippen molar-refractivity contribution >= 4 is 11.6 Å². The normalized spacial score (nSPS) is 10.6. The number of nitrogens with one attached hydrogen (secondary N) is 1. The number of hydrogen-bond acceptors (Lipinski definition) is 2. The van der Waals surface area contributed by atoms with Crippen molar-refractivity contribution in [3.63, 3.8) is 0 Å². The number of nitrogens with two attached hydrogens (primary N) is 1. The van der Waals surface area contributed by atoms with E-state index in [1.165, 1.54) is 32.1 Å². The van der Waals surface area contributed by atoms with E-state index in [0.717, 1.165) is 19.5 Å². The summed E-state index contributed by atoms with van der Waals surface area (Å²) in [6.07, 6.45) is 9.21. The Hall–Kier alpha value is -1.45. The largest absolute Gasteiger partial charge is 0.397 e. The fourth-order valence-electron chi connectivity index (χ4n) is 2.18. The van der Waals surface area contributed by atoms with Gasteiger partial charge in [0, 0.05) is 19.3 Å². The number of aryl methyl sites for hydroxylation is 1. The summed E-state index contributed by atoms with van der Waals surface area (Å²) < 4.78 is 1.88. The number of amides is 1. The van der Waals surface area contributed by atoms with Gasteiger partial charge in [-0.2, -0.15) is 0 Å². The second kappa shape index (κ2) is 8.62. The fraction of sp³-hybridized carbons (Fsp3) is 0.667. The molecule has 4 heteroatoms. The van der Waals surface area contributed by atoms with E-state index in [2.05, 4.69) is 12.2 Å². The number of hydrogen-bond donors (Lipinski definition) is 2. The van der Waals surface area contributed by atoms with E-state index in [-0.39, 0.29) is 5.91 Å². The van der Waals surface area contributed by atoms with Crippen molar-refractivity contribution in [2.45, 2.75) is 58.9 Å². The van der Waals surface area contributed by atoms with E-state index in [1.807, 2.05) is 11.5 Å². The van der Waals surface area contributed by atoms with Crippen molar-refractivity contribution in [2.24, 2.45) is 0 Å². The van der Waals surface area contributed by atoms with Gasteiger partial charge < -0.3 is 15.6 Å². The molecule has 0 aliphatic carbocycles. The summed E-state index contributed by atoms with van der Waals surface area (Å²) in [7, 11) is 0. The van der Waals surface area contributed by atoms with Crippen LogP contribution in [0.1, 0.15) is 62.9 Å². The van der Waals surface area contributed by atoms with E-state index < -0.39 is 0 Å². The van der Waals surface area contributed by atoms with Crippen molar-refractivity contribution in [1.82, 2.24) is 9.88 Å². The second-order valence-electron chi connectivity index (χ2n) is 4.97. The summed E-state index contributed by atoms with van der Waals surface area (Å²) >= 11 is 0. The maximum atomic E-state index is 12.0. The Labute approximate surface area is 116 Å². The number of nitrogen functional groups attached to an aromatic ring is 1. The van der Waals surface area contributed by atoms with Gasteiger partial charge in [0.25, 0.3) is 5.91 Å². The third-order valence-corrected chi connectivity index (χ3v) is 3.31. The molecule has 0 spiro atoms. The van der Waals surface area contributed by atoms with Crippen molar-refractivity contribution in [3.05, 3.63) is 18.0 Å². The second-order valence-corrected chi connectivity index (χ2v) is 4.97. The minimum absolute atomic E-state index is 0.0212. The average molecular weight is 265 g/mol. The van der Waals surface area contributed by atoms with Crippen LogP contribution in [-0.2, 0) is 6.54 Å². The third kappa shape index (κ3) is 5.37. The molecule has 0 radical (unpaired) electrons. The topological polar surface area (TPSA) is 60.1 Å². The summed E-state index contributed by atoms with van der Waals surface area (Å²) in [6.45, 7) is 5.73. The van der Waals surface area contributed by atoms with Crippen LogP contribution in [0.5, 0.6) is 0 Å². The van der Waals surface area contributed by atoms with Gasteiger partial charge in [0.05, 0.1) is 5.69 Å². The minimum atomic E-state index is -0.0212. The fourth-order valence-corrected chi connectivity index (χ4v) is 2.18. The molecular formula is C15H27N3O. The molecular weight excluding hydrogens is 238 g/mol. The Morgan fingerprint density at radius 2 is 1.89 bits per heavy atom. The van der Waals surface area contributed by atoms with Crippen molar-refractivity contribution in [3.8, 4) is 0 Å². The maximum Gasteiger partial charge on any atom is 0.267 e. The lowest BCUT2D eigenvalue weighted by Gasteiger charge is -2.07. The zero-order valence-electron chi connectivity index (χ0n) is 12.2. The molecule has 0 saturated heterocycles. The number of carbonyl (C=O) groups is 1. The van der Waals surface area contributed by atoms with Gasteiger partial charge in [-0.15, -0.1) is 0 Å². The molecule has 1 amide bonds. The van der Waals surface area contributed by atoms with Gasteiger partial charge in [0.2, 0.25) is 0 Å². The summed E-state index contributed by atoms with van der Waals surface area (Å²) in [5.74, 6) is -0.0212. The van der Waals surface area contributed by atoms with Gasteiger partial charge in [-0.3, -0.25) is 4.79 Å². The number of nitrogens with zero attached hydrogens (tertiary/aromatic N) is 1. The smallest absolute Gasteiger partial charge is 0.267 e. The third-order valence-electron chi connectivity index (χ3n) is 3.31. The molecule has 0 bridgehead atoms. The first-order valence-corrected chi connectivity index (χ1v) is 7.42. The van der Waals surface area contributed by atoms with Gasteiger partial charge in [-0.25, -0.2) is 0 Å². The van der Waals surface area contributed by atoms with E-state index in [0.29, 0.717) is 11.4 Å². The molecule has 0 aromatic carbocycles. The lowest BCUT2D eigenvalue weighted by atomic mass is 10.1. The Morgan fingerprint density at radius 1 is 1.21 bits per heavy atom. The number of aromatic nitrogens is 1. The van der Waals surface area contributed by atoms with Crippen molar-refractivity contribution in [1.29, 1.82) is 0 Å². The standard InChI is InChI=1S/C15H27N3O/c1-3-5-6-7-8-9-10-17-15(19)14-11-13(16)12-18(14)4-2/h11-12H,3-10,16H2,1-2H3,(H,17,19). The van der Waals surface area contributed by atoms with Crippen molar-refractivity contribution < 1.29 is 4.79 Å². The molecule has 0 saturated carbocycles. The van der Waals surface area contributed by atoms with Crippen molar-refractivity contribution in [2.75, 3.05) is 12.3 Å². The van der Waals surface area contributed by atoms with E-state index >= 15 is 0 Å². The molecule has 3 N–H and O–H groups in total. The Kier molecular flexibility index (Phi) is 7.08. The molecule has 1 aromatic heterocycles. The van der Waals surface area contributed by atoms with Crippen LogP contribution in [0.2, 0.25) is 0 Å². The molecule has 1 rings (SSSR count). The van der Waals surface area contributed by atoms with Gasteiger partial charge in [0.15, 0.2) is 0 Å². The predicted molar refractivity (Wildman–Crippen MR) is 80.2 cm³/mol. The highest BCUT2D eigenvalue weighted by atomic mass is 16.1. The SMILES string of the molecule is CCCCCCCCNC(=O)c1cc(N)cn1CC. The average Bonchev–Trinajstić information content (AvgIpc) is 2.79. The molecule has 1 aromatic rings. The van der Waals surface area contributed by atoms with Gasteiger partial charge >= 0.3 is 0 Å². The lowest BCUT2D eigenvalue weighted by molar-refractivity contribution is 0.0944. The van der Waals surface area contributed by atoms with Crippen LogP contribution >= 0.6 is 0 Å². The van der Waals surface area contributed by atoms with Crippen LogP contribution in [0, 0.1) is 0 Å². The maximum absolute atomic E-state index is 12.0. The number of anilines is 1. The van der Waals surface area contributed by atoms with Crippen LogP contribution in [0.25, 0.3) is 0 Å². The molecule has 1 heterocycles. The molecule has 0 atom stereocenters. The Bertz CT molecular complexity index is 385. The molecule has 0 fully saturated rings. The summed E-state index contributed by atoms with van der Waals surface area (Å²) in [4.78, 5) is 12.0. The summed E-state index contributed by atoms with van der Waals surface area (Å²) in [5, 5.41) is 2.96. The van der Waals surface area contributed by atoms with E-state index in [1.54, 1.807) is 12.3 Å². The molecule has 108 valence electrons. The van der Waals surface area contributed by atoms with Gasteiger partial charge in [-0.1, -0.05) is 39.0 Å². The summed E-state index contributed by atoms with van der Waals surface area (Å²) in [5.41, 5.74) is 7.02. The highest BCUT2D eigenvalue weighted by Gasteiger charge is 2.10.